The van der Waals surface area contributed by atoms with Crippen LogP contribution in [0.4, 0.5) is 26.3 Å². The fraction of sp³-hybridized carbons (Fsp3) is 0.471. The van der Waals surface area contributed by atoms with Crippen molar-refractivity contribution in [3.8, 4) is 11.5 Å². The number of esters is 1. The summed E-state index contributed by atoms with van der Waals surface area (Å²) in [6, 6.07) is 2.37. The quantitative estimate of drug-likeness (QED) is 0.213. The Hall–Kier alpha value is -3.23. The Morgan fingerprint density at radius 2 is 1.94 bits per heavy atom. The molecule has 2 atom stereocenters. The van der Waals surface area contributed by atoms with Crippen LogP contribution in [0.2, 0.25) is 0 Å². The molecule has 0 saturated carbocycles. The SMILES string of the molecule is CC(ON[N+](=O)N1CCC1)OC(=O)C1=Cc2cc(OC(F)(F)F)ccc2O[C@@H]1C(F)(F)F. The Kier molecular flexibility index (Phi) is 6.39. The van der Waals surface area contributed by atoms with Crippen LogP contribution in [0.5, 0.6) is 11.5 Å². The second-order valence-corrected chi connectivity index (χ2v) is 6.65. The average Bonchev–Trinajstić information content (AvgIpc) is 2.61. The highest BCUT2D eigenvalue weighted by Crippen LogP contribution is 2.39. The summed E-state index contributed by atoms with van der Waals surface area (Å²) in [6.45, 7) is 2.06. The zero-order chi connectivity index (χ0) is 23.7. The van der Waals surface area contributed by atoms with E-state index in [4.69, 9.17) is 14.3 Å². The van der Waals surface area contributed by atoms with Gasteiger partial charge >= 0.3 is 18.5 Å². The van der Waals surface area contributed by atoms with Crippen LogP contribution in [-0.2, 0) is 14.4 Å². The maximum Gasteiger partial charge on any atom is 0.573 e. The number of alkyl halides is 6. The summed E-state index contributed by atoms with van der Waals surface area (Å²) in [5.74, 6) is -2.66. The molecule has 2 heterocycles. The maximum atomic E-state index is 13.4. The summed E-state index contributed by atoms with van der Waals surface area (Å²) >= 11 is 0. The van der Waals surface area contributed by atoms with Crippen molar-refractivity contribution in [2.45, 2.75) is 38.3 Å². The van der Waals surface area contributed by atoms with E-state index < -0.39 is 48.0 Å². The third kappa shape index (κ3) is 5.72. The number of carbonyl (C=O) groups excluding carboxylic acids is 1. The number of ether oxygens (including phenoxy) is 3. The first-order valence-corrected chi connectivity index (χ1v) is 9.02. The fourth-order valence-electron chi connectivity index (χ4n) is 2.69. The van der Waals surface area contributed by atoms with E-state index in [1.54, 1.807) is 0 Å². The first-order valence-electron chi connectivity index (χ1n) is 9.02. The first kappa shape index (κ1) is 23.4. The largest absolute Gasteiger partial charge is 0.573 e. The van der Waals surface area contributed by atoms with Gasteiger partial charge in [0.15, 0.2) is 0 Å². The Balaban J connectivity index is 1.75. The van der Waals surface area contributed by atoms with Crippen molar-refractivity contribution in [3.63, 3.8) is 0 Å². The lowest BCUT2D eigenvalue weighted by molar-refractivity contribution is -0.801. The first-order chi connectivity index (χ1) is 14.8. The molecule has 176 valence electrons. The molecule has 0 aromatic heterocycles. The van der Waals surface area contributed by atoms with Crippen LogP contribution in [0, 0.1) is 4.91 Å². The lowest BCUT2D eigenvalue weighted by atomic mass is 10.0. The second-order valence-electron chi connectivity index (χ2n) is 6.65. The van der Waals surface area contributed by atoms with Gasteiger partial charge in [-0.2, -0.15) is 18.0 Å². The zero-order valence-electron chi connectivity index (χ0n) is 16.2. The molecule has 1 fully saturated rings. The molecule has 0 bridgehead atoms. The number of nitroso groups, excluding NO2 is 1. The van der Waals surface area contributed by atoms with Gasteiger partial charge in [0, 0.05) is 18.1 Å². The Morgan fingerprint density at radius 3 is 2.50 bits per heavy atom. The minimum Gasteiger partial charge on any atom is -0.475 e. The molecule has 0 aliphatic carbocycles. The van der Waals surface area contributed by atoms with Gasteiger partial charge in [0.1, 0.15) is 11.5 Å². The fourth-order valence-corrected chi connectivity index (χ4v) is 2.69. The molecular formula is C17H16F6N3O6+. The molecule has 1 saturated heterocycles. The molecule has 1 aromatic carbocycles. The summed E-state index contributed by atoms with van der Waals surface area (Å²) in [5.41, 5.74) is 0.604. The molecule has 2 aliphatic rings. The van der Waals surface area contributed by atoms with Crippen molar-refractivity contribution in [1.82, 2.24) is 10.6 Å². The van der Waals surface area contributed by atoms with Crippen LogP contribution in [0.3, 0.4) is 0 Å². The van der Waals surface area contributed by atoms with Crippen LogP contribution >= 0.6 is 0 Å². The van der Waals surface area contributed by atoms with E-state index in [2.05, 4.69) is 4.74 Å². The smallest absolute Gasteiger partial charge is 0.475 e. The molecule has 32 heavy (non-hydrogen) atoms. The molecule has 1 N–H and O–H groups in total. The predicted octanol–water partition coefficient (Wildman–Crippen LogP) is 3.02. The molecule has 1 aromatic rings. The predicted molar refractivity (Wildman–Crippen MR) is 91.2 cm³/mol. The summed E-state index contributed by atoms with van der Waals surface area (Å²) in [6.07, 6.45) is -12.9. The Labute approximate surface area is 175 Å². The number of rotatable bonds is 7. The zero-order valence-corrected chi connectivity index (χ0v) is 16.2. The number of benzene rings is 1. The number of carbonyl (C=O) groups is 1. The van der Waals surface area contributed by atoms with Crippen molar-refractivity contribution in [2.75, 3.05) is 13.1 Å². The normalized spacial score (nSPS) is 19.0. The summed E-state index contributed by atoms with van der Waals surface area (Å²) < 4.78 is 90.8. The highest BCUT2D eigenvalue weighted by molar-refractivity contribution is 5.96. The van der Waals surface area contributed by atoms with Gasteiger partial charge in [-0.05, 0) is 30.7 Å². The van der Waals surface area contributed by atoms with E-state index in [1.165, 1.54) is 5.01 Å². The highest BCUT2D eigenvalue weighted by Gasteiger charge is 2.49. The number of hydrazine groups is 2. The average molecular weight is 472 g/mol. The third-order valence-corrected chi connectivity index (χ3v) is 4.25. The van der Waals surface area contributed by atoms with Crippen molar-refractivity contribution in [1.29, 1.82) is 0 Å². The maximum absolute atomic E-state index is 13.4. The van der Waals surface area contributed by atoms with E-state index in [-0.39, 0.29) is 10.5 Å². The van der Waals surface area contributed by atoms with Gasteiger partial charge in [0.05, 0.1) is 23.6 Å². The Morgan fingerprint density at radius 1 is 1.25 bits per heavy atom. The van der Waals surface area contributed by atoms with Gasteiger partial charge in [0.25, 0.3) is 4.98 Å². The Bertz CT molecular complexity index is 915. The number of nitrogens with one attached hydrogen (secondary N) is 1. The van der Waals surface area contributed by atoms with Gasteiger partial charge in [-0.1, -0.05) is 0 Å². The lowest BCUT2D eigenvalue weighted by Crippen LogP contribution is -2.50. The van der Waals surface area contributed by atoms with Gasteiger partial charge in [-0.3, -0.25) is 0 Å². The van der Waals surface area contributed by atoms with Crippen LogP contribution in [0.1, 0.15) is 18.9 Å². The van der Waals surface area contributed by atoms with E-state index in [0.717, 1.165) is 31.5 Å². The third-order valence-electron chi connectivity index (χ3n) is 4.25. The van der Waals surface area contributed by atoms with E-state index in [9.17, 15) is 36.0 Å². The van der Waals surface area contributed by atoms with Gasteiger partial charge in [-0.15, -0.1) is 18.2 Å². The lowest BCUT2D eigenvalue weighted by Gasteiger charge is -2.28. The molecule has 15 heteroatoms. The molecule has 1 unspecified atom stereocenters. The number of hydrogen-bond donors (Lipinski definition) is 1. The van der Waals surface area contributed by atoms with Crippen LogP contribution in [-0.4, -0.2) is 54.0 Å². The summed E-state index contributed by atoms with van der Waals surface area (Å²) in [4.78, 5) is 28.9. The summed E-state index contributed by atoms with van der Waals surface area (Å²) in [5, 5.41) is 1.29. The second kappa shape index (κ2) is 8.72. The van der Waals surface area contributed by atoms with Crippen LogP contribution in [0.25, 0.3) is 6.08 Å². The molecule has 2 aliphatic heterocycles. The minimum absolute atomic E-state index is 0.230. The number of halogens is 6. The molecule has 3 rings (SSSR count). The van der Waals surface area contributed by atoms with E-state index in [0.29, 0.717) is 19.2 Å². The monoisotopic (exact) mass is 472 g/mol. The van der Waals surface area contributed by atoms with Gasteiger partial charge in [0.2, 0.25) is 12.4 Å². The van der Waals surface area contributed by atoms with E-state index in [1.807, 2.05) is 5.59 Å². The number of fused-ring (bicyclic) bond motifs is 1. The number of nitrogens with zero attached hydrogens (tertiary/aromatic N) is 2. The topological polar surface area (TPSA) is 89.3 Å². The molecular weight excluding hydrogens is 456 g/mol. The van der Waals surface area contributed by atoms with Crippen molar-refractivity contribution in [2.24, 2.45) is 0 Å². The molecule has 0 spiro atoms. The molecule has 9 nitrogen and oxygen atoms in total. The minimum atomic E-state index is -5.05. The van der Waals surface area contributed by atoms with Crippen molar-refractivity contribution in [3.05, 3.63) is 34.2 Å². The van der Waals surface area contributed by atoms with Gasteiger partial charge < -0.3 is 14.2 Å². The summed E-state index contributed by atoms with van der Waals surface area (Å²) in [7, 11) is 0. The van der Waals surface area contributed by atoms with Crippen molar-refractivity contribution < 1.29 is 55.2 Å². The molecule has 0 amide bonds. The van der Waals surface area contributed by atoms with Crippen molar-refractivity contribution >= 4 is 12.0 Å². The van der Waals surface area contributed by atoms with E-state index >= 15 is 0 Å². The van der Waals surface area contributed by atoms with Crippen LogP contribution in [0.15, 0.2) is 23.8 Å². The van der Waals surface area contributed by atoms with Crippen LogP contribution < -0.4 is 15.1 Å². The van der Waals surface area contributed by atoms with Gasteiger partial charge in [-0.25, -0.2) is 4.79 Å². The number of hydrogen-bond acceptors (Lipinski definition) is 6. The molecule has 0 radical (unpaired) electrons. The standard InChI is InChI=1S/C17H16F6N3O6/c1-9(32-24-26(28)25-5-2-6-25)29-15(27)12-8-10-7-11(31-17(21,22)23)3-4-13(10)30-14(12)16(18,19)20/h3-4,7-9,14H,2,5-6H2,1H3,(H,24,28)/q+1/t9?,14-/m0/s1. The highest BCUT2D eigenvalue weighted by atomic mass is 19.4.